The Morgan fingerprint density at radius 1 is 1.30 bits per heavy atom. The molecule has 0 aliphatic carbocycles. The van der Waals surface area contributed by atoms with Gasteiger partial charge in [-0.1, -0.05) is 29.3 Å². The molecule has 1 aromatic heterocycles. The summed E-state index contributed by atoms with van der Waals surface area (Å²) >= 11 is 13.3. The van der Waals surface area contributed by atoms with Crippen LogP contribution in [0, 0.1) is 5.82 Å². The maximum Gasteiger partial charge on any atom is 0.141 e. The molecule has 0 bridgehead atoms. The maximum atomic E-state index is 13.2. The van der Waals surface area contributed by atoms with Gasteiger partial charge in [0.15, 0.2) is 0 Å². The van der Waals surface area contributed by atoms with Gasteiger partial charge in [0.2, 0.25) is 0 Å². The summed E-state index contributed by atoms with van der Waals surface area (Å²) in [5.41, 5.74) is 6.76. The van der Waals surface area contributed by atoms with Gasteiger partial charge in [-0.2, -0.15) is 0 Å². The molecule has 6 heteroatoms. The van der Waals surface area contributed by atoms with Gasteiger partial charge in [-0.15, -0.1) is 11.3 Å². The summed E-state index contributed by atoms with van der Waals surface area (Å²) in [5, 5.41) is 0.119. The van der Waals surface area contributed by atoms with E-state index in [0.717, 1.165) is 21.3 Å². The second-order valence-corrected chi connectivity index (χ2v) is 6.75. The van der Waals surface area contributed by atoms with Crippen LogP contribution in [-0.4, -0.2) is 18.5 Å². The largest absolute Gasteiger partial charge is 0.329 e. The van der Waals surface area contributed by atoms with Gasteiger partial charge in [0.05, 0.1) is 9.36 Å². The average molecular weight is 333 g/mol. The molecule has 0 saturated carbocycles. The predicted octanol–water partition coefficient (Wildman–Crippen LogP) is 4.33. The van der Waals surface area contributed by atoms with E-state index >= 15 is 0 Å². The van der Waals surface area contributed by atoms with E-state index in [2.05, 4.69) is 4.90 Å². The molecule has 108 valence electrons. The van der Waals surface area contributed by atoms with Gasteiger partial charge in [0.25, 0.3) is 0 Å². The van der Waals surface area contributed by atoms with Crippen LogP contribution in [-0.2, 0) is 6.54 Å². The maximum absolute atomic E-state index is 13.2. The van der Waals surface area contributed by atoms with Crippen molar-refractivity contribution < 1.29 is 4.39 Å². The zero-order chi connectivity index (χ0) is 14.7. The summed E-state index contributed by atoms with van der Waals surface area (Å²) in [5.74, 6) is -0.418. The number of hydrogen-bond donors (Lipinski definition) is 1. The number of rotatable bonds is 5. The monoisotopic (exact) mass is 332 g/mol. The van der Waals surface area contributed by atoms with Crippen LogP contribution in [0.25, 0.3) is 0 Å². The summed E-state index contributed by atoms with van der Waals surface area (Å²) in [6.45, 7) is 1.16. The predicted molar refractivity (Wildman–Crippen MR) is 84.0 cm³/mol. The second-order valence-electron chi connectivity index (χ2n) is 4.55. The van der Waals surface area contributed by atoms with Crippen LogP contribution < -0.4 is 5.73 Å². The molecular formula is C14H15Cl2FN2S. The number of halogens is 3. The van der Waals surface area contributed by atoms with Crippen molar-refractivity contribution in [3.8, 4) is 0 Å². The van der Waals surface area contributed by atoms with E-state index in [1.165, 1.54) is 6.07 Å². The molecule has 1 unspecified atom stereocenters. The van der Waals surface area contributed by atoms with Crippen molar-refractivity contribution in [3.63, 3.8) is 0 Å². The minimum Gasteiger partial charge on any atom is -0.329 e. The van der Waals surface area contributed by atoms with Crippen molar-refractivity contribution in [1.82, 2.24) is 4.90 Å². The highest BCUT2D eigenvalue weighted by Crippen LogP contribution is 2.27. The fourth-order valence-electron chi connectivity index (χ4n) is 2.08. The molecule has 20 heavy (non-hydrogen) atoms. The minimum atomic E-state index is -0.418. The number of hydrogen-bond acceptors (Lipinski definition) is 3. The van der Waals surface area contributed by atoms with Crippen molar-refractivity contribution in [2.24, 2.45) is 5.73 Å². The van der Waals surface area contributed by atoms with E-state index in [-0.39, 0.29) is 11.1 Å². The summed E-state index contributed by atoms with van der Waals surface area (Å²) in [7, 11) is 1.97. The first-order valence-electron chi connectivity index (χ1n) is 6.10. The van der Waals surface area contributed by atoms with Crippen LogP contribution in [0.2, 0.25) is 9.36 Å². The van der Waals surface area contributed by atoms with Gasteiger partial charge in [0.1, 0.15) is 5.82 Å². The molecule has 1 heterocycles. The lowest BCUT2D eigenvalue weighted by Crippen LogP contribution is -2.30. The Balaban J connectivity index is 2.16. The normalized spacial score (nSPS) is 12.9. The molecule has 0 spiro atoms. The molecule has 0 amide bonds. The van der Waals surface area contributed by atoms with Gasteiger partial charge >= 0.3 is 0 Å². The zero-order valence-electron chi connectivity index (χ0n) is 10.9. The Morgan fingerprint density at radius 3 is 2.60 bits per heavy atom. The molecule has 2 nitrogen and oxygen atoms in total. The first-order valence-corrected chi connectivity index (χ1v) is 7.68. The number of benzene rings is 1. The summed E-state index contributed by atoms with van der Waals surface area (Å²) in [6.07, 6.45) is 0. The summed E-state index contributed by atoms with van der Waals surface area (Å²) < 4.78 is 14.0. The Morgan fingerprint density at radius 2 is 2.05 bits per heavy atom. The van der Waals surface area contributed by atoms with Gasteiger partial charge in [-0.25, -0.2) is 4.39 Å². The average Bonchev–Trinajstić information content (AvgIpc) is 2.80. The van der Waals surface area contributed by atoms with Gasteiger partial charge < -0.3 is 5.73 Å². The summed E-state index contributed by atoms with van der Waals surface area (Å²) in [4.78, 5) is 3.26. The van der Waals surface area contributed by atoms with Crippen LogP contribution in [0.1, 0.15) is 16.5 Å². The van der Waals surface area contributed by atoms with Crippen LogP contribution in [0.5, 0.6) is 0 Å². The van der Waals surface area contributed by atoms with Crippen molar-refractivity contribution in [2.75, 3.05) is 13.6 Å². The lowest BCUT2D eigenvalue weighted by Gasteiger charge is -2.27. The van der Waals surface area contributed by atoms with E-state index in [1.807, 2.05) is 19.2 Å². The lowest BCUT2D eigenvalue weighted by molar-refractivity contribution is 0.244. The fraction of sp³-hybridized carbons (Fsp3) is 0.286. The van der Waals surface area contributed by atoms with Crippen molar-refractivity contribution in [2.45, 2.75) is 12.6 Å². The van der Waals surface area contributed by atoms with Crippen molar-refractivity contribution in [3.05, 3.63) is 55.9 Å². The third-order valence-corrected chi connectivity index (χ3v) is 4.62. The molecule has 0 aliphatic heterocycles. The molecule has 2 rings (SSSR count). The van der Waals surface area contributed by atoms with Crippen LogP contribution in [0.15, 0.2) is 30.3 Å². The Labute approximate surface area is 131 Å². The Bertz CT molecular complexity index is 588. The summed E-state index contributed by atoms with van der Waals surface area (Å²) in [6, 6.07) is 8.57. The van der Waals surface area contributed by atoms with Gasteiger partial charge in [-0.05, 0) is 36.9 Å². The number of nitrogens with two attached hydrogens (primary N) is 1. The third-order valence-electron chi connectivity index (χ3n) is 3.12. The molecule has 0 saturated heterocycles. The first kappa shape index (κ1) is 15.7. The molecule has 0 aliphatic rings. The Kier molecular flexibility index (Phi) is 5.41. The van der Waals surface area contributed by atoms with E-state index in [0.29, 0.717) is 6.54 Å². The number of nitrogens with zero attached hydrogens (tertiary/aromatic N) is 1. The lowest BCUT2D eigenvalue weighted by atomic mass is 10.1. The van der Waals surface area contributed by atoms with Crippen LogP contribution in [0.3, 0.4) is 0 Å². The second kappa shape index (κ2) is 6.87. The number of thiophene rings is 1. The van der Waals surface area contributed by atoms with Gasteiger partial charge in [-0.3, -0.25) is 4.90 Å². The molecule has 2 aromatic rings. The van der Waals surface area contributed by atoms with E-state index in [1.54, 1.807) is 23.5 Å². The third kappa shape index (κ3) is 3.71. The van der Waals surface area contributed by atoms with Gasteiger partial charge in [0, 0.05) is 24.0 Å². The molecule has 0 radical (unpaired) electrons. The van der Waals surface area contributed by atoms with E-state index in [9.17, 15) is 4.39 Å². The minimum absolute atomic E-state index is 0.0195. The number of likely N-dealkylation sites (N-methyl/N-ethyl adjacent to an activating group) is 1. The highest BCUT2D eigenvalue weighted by Gasteiger charge is 2.17. The SMILES string of the molecule is CN(Cc1ccc(Cl)s1)C(CN)c1ccc(F)c(Cl)c1. The van der Waals surface area contributed by atoms with E-state index < -0.39 is 5.82 Å². The molecule has 0 fully saturated rings. The molecule has 1 aromatic carbocycles. The quantitative estimate of drug-likeness (QED) is 0.883. The van der Waals surface area contributed by atoms with E-state index in [4.69, 9.17) is 28.9 Å². The van der Waals surface area contributed by atoms with Crippen LogP contribution in [0.4, 0.5) is 4.39 Å². The smallest absolute Gasteiger partial charge is 0.141 e. The first-order chi connectivity index (χ1) is 9.51. The topological polar surface area (TPSA) is 29.3 Å². The molecular weight excluding hydrogens is 318 g/mol. The molecule has 2 N–H and O–H groups in total. The van der Waals surface area contributed by atoms with Crippen LogP contribution >= 0.6 is 34.5 Å². The highest BCUT2D eigenvalue weighted by atomic mass is 35.5. The zero-order valence-corrected chi connectivity index (χ0v) is 13.3. The fourth-order valence-corrected chi connectivity index (χ4v) is 3.42. The standard InChI is InChI=1S/C14H15Cl2FN2S/c1-19(8-10-3-5-14(16)20-10)13(7-18)9-2-4-12(17)11(15)6-9/h2-6,13H,7-8,18H2,1H3. The highest BCUT2D eigenvalue weighted by molar-refractivity contribution is 7.16. The van der Waals surface area contributed by atoms with Crippen molar-refractivity contribution >= 4 is 34.5 Å². The molecule has 1 atom stereocenters. The Hall–Kier alpha value is -0.650. The van der Waals surface area contributed by atoms with Crippen molar-refractivity contribution in [1.29, 1.82) is 0 Å².